The van der Waals surface area contributed by atoms with E-state index in [2.05, 4.69) is 5.32 Å². The number of carbonyl (C=O) groups excluding carboxylic acids is 2. The van der Waals surface area contributed by atoms with Gasteiger partial charge in [-0.3, -0.25) is 9.69 Å². The Labute approximate surface area is 225 Å². The minimum Gasteiger partial charge on any atom is -0.493 e. The molecule has 10 heteroatoms. The fourth-order valence-electron chi connectivity index (χ4n) is 4.72. The number of benzene rings is 2. The van der Waals surface area contributed by atoms with Gasteiger partial charge >= 0.3 is 5.97 Å². The second-order valence-corrected chi connectivity index (χ2v) is 10.4. The van der Waals surface area contributed by atoms with Gasteiger partial charge in [-0.05, 0) is 62.2 Å². The SMILES string of the molecule is COC(=O)C1=C(C)NC2S/C(=C\c3ccc4c(c3)OCCO4)C(=O)N2C1c1ccc(OC(C)C)c(OC)c1. The number of carbonyl (C=O) groups is 2. The molecule has 0 bridgehead atoms. The van der Waals surface area contributed by atoms with E-state index >= 15 is 0 Å². The number of fused-ring (bicyclic) bond motifs is 2. The van der Waals surface area contributed by atoms with Gasteiger partial charge in [0, 0.05) is 5.70 Å². The molecule has 2 aromatic rings. The Hall–Kier alpha value is -3.79. The summed E-state index contributed by atoms with van der Waals surface area (Å²) in [5.41, 5.74) is 2.11. The van der Waals surface area contributed by atoms with Crippen molar-refractivity contribution in [1.82, 2.24) is 10.2 Å². The summed E-state index contributed by atoms with van der Waals surface area (Å²) in [5, 5.41) is 3.31. The Morgan fingerprint density at radius 1 is 1.11 bits per heavy atom. The predicted octanol–water partition coefficient (Wildman–Crippen LogP) is 4.25. The highest BCUT2D eigenvalue weighted by molar-refractivity contribution is 8.05. The fourth-order valence-corrected chi connectivity index (χ4v) is 5.94. The summed E-state index contributed by atoms with van der Waals surface area (Å²) in [5.74, 6) is 1.71. The van der Waals surface area contributed by atoms with E-state index < -0.39 is 17.5 Å². The molecule has 0 spiro atoms. The molecule has 1 N–H and O–H groups in total. The molecule has 0 saturated carbocycles. The van der Waals surface area contributed by atoms with Gasteiger partial charge in [-0.1, -0.05) is 23.9 Å². The number of allylic oxidation sites excluding steroid dienone is 1. The number of amides is 1. The van der Waals surface area contributed by atoms with Gasteiger partial charge in [0.25, 0.3) is 5.91 Å². The molecule has 2 unspecified atom stereocenters. The van der Waals surface area contributed by atoms with Crippen molar-refractivity contribution in [3.63, 3.8) is 0 Å². The summed E-state index contributed by atoms with van der Waals surface area (Å²) in [6.07, 6.45) is 1.78. The van der Waals surface area contributed by atoms with Gasteiger partial charge in [0.05, 0.1) is 36.8 Å². The van der Waals surface area contributed by atoms with Gasteiger partial charge in [-0.15, -0.1) is 0 Å². The number of rotatable bonds is 6. The number of ether oxygens (including phenoxy) is 5. The molecule has 2 aromatic carbocycles. The summed E-state index contributed by atoms with van der Waals surface area (Å²) in [6.45, 7) is 6.67. The van der Waals surface area contributed by atoms with Crippen LogP contribution in [0.25, 0.3) is 6.08 Å². The molecule has 9 nitrogen and oxygen atoms in total. The molecule has 3 aliphatic rings. The first-order valence-corrected chi connectivity index (χ1v) is 13.2. The minimum atomic E-state index is -0.693. The number of nitrogens with one attached hydrogen (secondary N) is 1. The molecule has 1 saturated heterocycles. The molecule has 0 radical (unpaired) electrons. The van der Waals surface area contributed by atoms with E-state index in [9.17, 15) is 9.59 Å². The number of hydrogen-bond acceptors (Lipinski definition) is 9. The van der Waals surface area contributed by atoms with Crippen LogP contribution in [-0.2, 0) is 14.3 Å². The number of nitrogens with zero attached hydrogens (tertiary/aromatic N) is 1. The zero-order valence-corrected chi connectivity index (χ0v) is 22.7. The van der Waals surface area contributed by atoms with Gasteiger partial charge in [-0.2, -0.15) is 0 Å². The van der Waals surface area contributed by atoms with Crippen molar-refractivity contribution in [1.29, 1.82) is 0 Å². The molecule has 1 fully saturated rings. The first kappa shape index (κ1) is 25.8. The molecule has 200 valence electrons. The first-order valence-electron chi connectivity index (χ1n) is 12.3. The Morgan fingerprint density at radius 3 is 2.58 bits per heavy atom. The zero-order chi connectivity index (χ0) is 27.0. The van der Waals surface area contributed by atoms with Crippen molar-refractivity contribution in [3.8, 4) is 23.0 Å². The van der Waals surface area contributed by atoms with E-state index in [-0.39, 0.29) is 12.0 Å². The standard InChI is InChI=1S/C28H30N2O7S/c1-15(2)37-20-9-7-18(14-21(20)33-4)25-24(27(32)34-5)16(3)29-28-30(25)26(31)23(38-28)13-17-6-8-19-22(12-17)36-11-10-35-19/h6-9,12-15,25,28-29H,10-11H2,1-5H3/b23-13-. The Bertz CT molecular complexity index is 1340. The van der Waals surface area contributed by atoms with Crippen molar-refractivity contribution in [2.24, 2.45) is 0 Å². The maximum Gasteiger partial charge on any atom is 0.337 e. The highest BCUT2D eigenvalue weighted by Gasteiger charge is 2.48. The summed E-state index contributed by atoms with van der Waals surface area (Å²) in [6, 6.07) is 10.4. The molecular weight excluding hydrogens is 508 g/mol. The van der Waals surface area contributed by atoms with E-state index in [1.54, 1.807) is 24.1 Å². The molecule has 0 aromatic heterocycles. The maximum absolute atomic E-state index is 13.9. The van der Waals surface area contributed by atoms with Crippen LogP contribution in [0, 0.1) is 0 Å². The lowest BCUT2D eigenvalue weighted by atomic mass is 9.93. The number of esters is 1. The summed E-state index contributed by atoms with van der Waals surface area (Å²) >= 11 is 1.39. The predicted molar refractivity (Wildman–Crippen MR) is 143 cm³/mol. The highest BCUT2D eigenvalue weighted by atomic mass is 32.2. The molecule has 3 heterocycles. The van der Waals surface area contributed by atoms with Crippen LogP contribution in [0.15, 0.2) is 52.6 Å². The smallest absolute Gasteiger partial charge is 0.337 e. The van der Waals surface area contributed by atoms with Gasteiger partial charge in [0.15, 0.2) is 28.5 Å². The topological polar surface area (TPSA) is 95.6 Å². The van der Waals surface area contributed by atoms with Gasteiger partial charge in [-0.25, -0.2) is 4.79 Å². The third-order valence-electron chi connectivity index (χ3n) is 6.37. The van der Waals surface area contributed by atoms with Crippen LogP contribution in [-0.4, -0.2) is 55.8 Å². The third kappa shape index (κ3) is 4.76. The molecule has 5 rings (SSSR count). The van der Waals surface area contributed by atoms with E-state index in [0.717, 1.165) is 5.56 Å². The minimum absolute atomic E-state index is 0.0457. The van der Waals surface area contributed by atoms with Gasteiger partial charge in [0.2, 0.25) is 0 Å². The average molecular weight is 539 g/mol. The lowest BCUT2D eigenvalue weighted by molar-refractivity contribution is -0.138. The largest absolute Gasteiger partial charge is 0.493 e. The third-order valence-corrected chi connectivity index (χ3v) is 7.48. The summed E-state index contributed by atoms with van der Waals surface area (Å²) in [7, 11) is 2.89. The highest BCUT2D eigenvalue weighted by Crippen LogP contribution is 2.48. The lowest BCUT2D eigenvalue weighted by Gasteiger charge is -2.39. The number of methoxy groups -OCH3 is 2. The number of thioether (sulfide) groups is 1. The van der Waals surface area contributed by atoms with E-state index in [4.69, 9.17) is 23.7 Å². The van der Waals surface area contributed by atoms with Gasteiger partial charge in [0.1, 0.15) is 13.2 Å². The second-order valence-electron chi connectivity index (χ2n) is 9.25. The van der Waals surface area contributed by atoms with Crippen molar-refractivity contribution in [2.45, 2.75) is 38.4 Å². The summed E-state index contributed by atoms with van der Waals surface area (Å²) in [4.78, 5) is 29.0. The fraction of sp³-hybridized carbons (Fsp3) is 0.357. The quantitative estimate of drug-likeness (QED) is 0.428. The van der Waals surface area contributed by atoms with Crippen LogP contribution in [0.2, 0.25) is 0 Å². The van der Waals surface area contributed by atoms with Crippen LogP contribution in [0.4, 0.5) is 0 Å². The van der Waals surface area contributed by atoms with Crippen molar-refractivity contribution in [2.75, 3.05) is 27.4 Å². The van der Waals surface area contributed by atoms with Crippen molar-refractivity contribution in [3.05, 3.63) is 63.7 Å². The molecule has 1 amide bonds. The van der Waals surface area contributed by atoms with Crippen molar-refractivity contribution >= 4 is 29.7 Å². The normalized spacial score (nSPS) is 21.4. The lowest BCUT2D eigenvalue weighted by Crippen LogP contribution is -2.49. The van der Waals surface area contributed by atoms with E-state index in [1.807, 2.05) is 51.1 Å². The Balaban J connectivity index is 1.54. The van der Waals surface area contributed by atoms with Crippen LogP contribution in [0.1, 0.15) is 37.9 Å². The molecule has 3 aliphatic heterocycles. The van der Waals surface area contributed by atoms with Crippen LogP contribution < -0.4 is 24.3 Å². The van der Waals surface area contributed by atoms with Crippen molar-refractivity contribution < 1.29 is 33.3 Å². The van der Waals surface area contributed by atoms with E-state index in [1.165, 1.54) is 18.9 Å². The summed E-state index contributed by atoms with van der Waals surface area (Å²) < 4.78 is 27.9. The molecule has 38 heavy (non-hydrogen) atoms. The second kappa shape index (κ2) is 10.5. The zero-order valence-electron chi connectivity index (χ0n) is 21.9. The van der Waals surface area contributed by atoms with Gasteiger partial charge < -0.3 is 29.0 Å². The van der Waals surface area contributed by atoms with Crippen LogP contribution in [0.3, 0.4) is 0 Å². The van der Waals surface area contributed by atoms with Crippen LogP contribution in [0.5, 0.6) is 23.0 Å². The Kier molecular flexibility index (Phi) is 7.16. The molecule has 2 atom stereocenters. The molecule has 0 aliphatic carbocycles. The van der Waals surface area contributed by atoms with E-state index in [0.29, 0.717) is 58.0 Å². The van der Waals surface area contributed by atoms with Crippen LogP contribution >= 0.6 is 11.8 Å². The Morgan fingerprint density at radius 2 is 1.87 bits per heavy atom. The molecular formula is C28H30N2O7S. The number of hydrogen-bond donors (Lipinski definition) is 1. The monoisotopic (exact) mass is 538 g/mol. The average Bonchev–Trinajstić information content (AvgIpc) is 3.21. The first-order chi connectivity index (χ1) is 18.3. The maximum atomic E-state index is 13.9.